The van der Waals surface area contributed by atoms with Gasteiger partial charge in [0.2, 0.25) is 0 Å². The molecule has 2 heterocycles. The molecule has 128 valence electrons. The van der Waals surface area contributed by atoms with Crippen molar-refractivity contribution < 1.29 is 23.4 Å². The molecule has 6 heteroatoms. The van der Waals surface area contributed by atoms with Crippen molar-refractivity contribution in [3.8, 4) is 0 Å². The molecule has 6 fully saturated rings. The van der Waals surface area contributed by atoms with E-state index in [-0.39, 0.29) is 23.9 Å². The van der Waals surface area contributed by atoms with Crippen LogP contribution in [0, 0.1) is 23.7 Å². The van der Waals surface area contributed by atoms with Crippen molar-refractivity contribution in [2.75, 3.05) is 13.2 Å². The molecule has 0 unspecified atom stereocenters. The predicted octanol–water partition coefficient (Wildman–Crippen LogP) is 2.31. The number of rotatable bonds is 2. The molecule has 5 nitrogen and oxygen atoms in total. The first-order valence-corrected chi connectivity index (χ1v) is 12.4. The Bertz CT molecular complexity index is 552. The molecule has 1 spiro atoms. The lowest BCUT2D eigenvalue weighted by Gasteiger charge is -2.59. The smallest absolute Gasteiger partial charge is 0.187 e. The zero-order valence-electron chi connectivity index (χ0n) is 14.2. The standard InChI is InChI=1S/C17H26O5Si/c1-23(2,3)22-17-9-10-14-12(18)4-5-13(21-17)15(14)11(17)8-16(10)19-6-7-20-16/h10-11,13-15H,4-9H2,1-3H3/t10-,11-,13+,14-,15+,17+/m0/s1. The Morgan fingerprint density at radius 3 is 2.57 bits per heavy atom. The fraction of sp³-hybridized carbons (Fsp3) is 0.941. The highest BCUT2D eigenvalue weighted by Gasteiger charge is 2.75. The maximum absolute atomic E-state index is 12.7. The van der Waals surface area contributed by atoms with E-state index in [1.165, 1.54) is 0 Å². The lowest BCUT2D eigenvalue weighted by atomic mass is 9.51. The SMILES string of the molecule is C[Si](C)(C)O[C@@]12C[C@H]3[C@H]4C(=O)CC[C@@H](O1)[C@H]4[C@@H]2CC31OCCO1. The molecule has 4 saturated carbocycles. The van der Waals surface area contributed by atoms with Crippen molar-refractivity contribution in [1.29, 1.82) is 0 Å². The molecule has 0 aromatic carbocycles. The number of Topliss-reactive ketones (excluding diaryl/α,β-unsaturated/α-hetero) is 1. The second kappa shape index (κ2) is 4.46. The van der Waals surface area contributed by atoms with Crippen LogP contribution in [0.1, 0.15) is 25.7 Å². The predicted molar refractivity (Wildman–Crippen MR) is 84.1 cm³/mol. The minimum Gasteiger partial charge on any atom is -0.391 e. The molecule has 6 atom stereocenters. The fourth-order valence-corrected chi connectivity index (χ4v) is 7.46. The van der Waals surface area contributed by atoms with Gasteiger partial charge in [0.25, 0.3) is 0 Å². The number of carbonyl (C=O) groups excluding carboxylic acids is 1. The Morgan fingerprint density at radius 1 is 1.13 bits per heavy atom. The van der Waals surface area contributed by atoms with Gasteiger partial charge in [0.1, 0.15) is 5.78 Å². The van der Waals surface area contributed by atoms with Crippen LogP contribution in [0.4, 0.5) is 0 Å². The van der Waals surface area contributed by atoms with Crippen LogP contribution in [-0.4, -0.2) is 45.0 Å². The molecule has 0 radical (unpaired) electrons. The quantitative estimate of drug-likeness (QED) is 0.723. The highest BCUT2D eigenvalue weighted by Crippen LogP contribution is 2.68. The first-order chi connectivity index (χ1) is 10.8. The number of hydrogen-bond acceptors (Lipinski definition) is 5. The van der Waals surface area contributed by atoms with Gasteiger partial charge in [-0.15, -0.1) is 0 Å². The Labute approximate surface area is 138 Å². The van der Waals surface area contributed by atoms with E-state index < -0.39 is 19.9 Å². The van der Waals surface area contributed by atoms with Gasteiger partial charge >= 0.3 is 0 Å². The van der Waals surface area contributed by atoms with E-state index in [2.05, 4.69) is 19.6 Å². The zero-order valence-corrected chi connectivity index (χ0v) is 15.2. The fourth-order valence-electron chi connectivity index (χ4n) is 6.14. The Kier molecular flexibility index (Phi) is 2.91. The van der Waals surface area contributed by atoms with Crippen LogP contribution in [-0.2, 0) is 23.4 Å². The largest absolute Gasteiger partial charge is 0.391 e. The summed E-state index contributed by atoms with van der Waals surface area (Å²) in [6, 6.07) is 0. The first-order valence-electron chi connectivity index (χ1n) is 9.02. The number of ether oxygens (including phenoxy) is 3. The number of ketones is 1. The van der Waals surface area contributed by atoms with E-state index in [9.17, 15) is 4.79 Å². The summed E-state index contributed by atoms with van der Waals surface area (Å²) in [7, 11) is -1.75. The summed E-state index contributed by atoms with van der Waals surface area (Å²) in [6.45, 7) is 7.94. The van der Waals surface area contributed by atoms with Gasteiger partial charge < -0.3 is 18.6 Å². The molecule has 2 saturated heterocycles. The van der Waals surface area contributed by atoms with Crippen molar-refractivity contribution in [1.82, 2.24) is 0 Å². The molecule has 0 amide bonds. The van der Waals surface area contributed by atoms with Crippen molar-refractivity contribution in [2.45, 2.75) is 63.0 Å². The highest BCUT2D eigenvalue weighted by atomic mass is 28.4. The van der Waals surface area contributed by atoms with Crippen LogP contribution >= 0.6 is 0 Å². The Balaban J connectivity index is 1.59. The van der Waals surface area contributed by atoms with Gasteiger partial charge in [0.05, 0.1) is 19.3 Å². The molecule has 4 aliphatic carbocycles. The van der Waals surface area contributed by atoms with E-state index in [1.807, 2.05) is 0 Å². The average Bonchev–Trinajstić information content (AvgIpc) is 2.99. The van der Waals surface area contributed by atoms with Gasteiger partial charge in [-0.25, -0.2) is 0 Å². The molecule has 0 aromatic rings. The molecule has 2 aliphatic heterocycles. The van der Waals surface area contributed by atoms with Crippen LogP contribution in [0.25, 0.3) is 0 Å². The van der Waals surface area contributed by atoms with Crippen LogP contribution < -0.4 is 0 Å². The summed E-state index contributed by atoms with van der Waals surface area (Å²) in [5, 5.41) is 0. The van der Waals surface area contributed by atoms with Crippen molar-refractivity contribution in [3.63, 3.8) is 0 Å². The van der Waals surface area contributed by atoms with E-state index in [4.69, 9.17) is 18.6 Å². The highest BCUT2D eigenvalue weighted by molar-refractivity contribution is 6.69. The first kappa shape index (κ1) is 15.0. The molecule has 6 rings (SSSR count). The molecule has 0 aromatic heterocycles. The van der Waals surface area contributed by atoms with Gasteiger partial charge in [0.15, 0.2) is 19.9 Å². The summed E-state index contributed by atoms with van der Waals surface area (Å²) in [5.41, 5.74) is 0. The van der Waals surface area contributed by atoms with E-state index in [0.29, 0.717) is 31.3 Å². The topological polar surface area (TPSA) is 54.0 Å². The van der Waals surface area contributed by atoms with Gasteiger partial charge in [-0.2, -0.15) is 0 Å². The van der Waals surface area contributed by atoms with Gasteiger partial charge in [0, 0.05) is 42.9 Å². The normalized spacial score (nSPS) is 50.0. The summed E-state index contributed by atoms with van der Waals surface area (Å²) in [4.78, 5) is 12.7. The second-order valence-electron chi connectivity index (χ2n) is 8.92. The van der Waals surface area contributed by atoms with Crippen molar-refractivity contribution in [3.05, 3.63) is 0 Å². The van der Waals surface area contributed by atoms with E-state index in [0.717, 1.165) is 19.3 Å². The van der Waals surface area contributed by atoms with Crippen molar-refractivity contribution in [2.24, 2.45) is 23.7 Å². The summed E-state index contributed by atoms with van der Waals surface area (Å²) in [5.74, 6) is 0.0312. The third-order valence-electron chi connectivity index (χ3n) is 6.53. The minimum absolute atomic E-state index is 0.0476. The van der Waals surface area contributed by atoms with E-state index >= 15 is 0 Å². The lowest BCUT2D eigenvalue weighted by Crippen LogP contribution is -2.66. The molecule has 0 N–H and O–H groups in total. The average molecular weight is 338 g/mol. The Hall–Kier alpha value is -0.273. The zero-order chi connectivity index (χ0) is 16.0. The monoisotopic (exact) mass is 338 g/mol. The van der Waals surface area contributed by atoms with Crippen LogP contribution in [0.15, 0.2) is 0 Å². The molecular weight excluding hydrogens is 312 g/mol. The summed E-state index contributed by atoms with van der Waals surface area (Å²) < 4.78 is 25.3. The van der Waals surface area contributed by atoms with Crippen molar-refractivity contribution >= 4 is 14.1 Å². The Morgan fingerprint density at radius 2 is 1.87 bits per heavy atom. The summed E-state index contributed by atoms with van der Waals surface area (Å²) >= 11 is 0. The second-order valence-corrected chi connectivity index (χ2v) is 13.3. The number of hydrogen-bond donors (Lipinski definition) is 0. The molecule has 6 aliphatic rings. The third kappa shape index (κ3) is 1.90. The maximum Gasteiger partial charge on any atom is 0.187 e. The number of carbonyl (C=O) groups is 1. The van der Waals surface area contributed by atoms with Crippen LogP contribution in [0.5, 0.6) is 0 Å². The van der Waals surface area contributed by atoms with Gasteiger partial charge in [-0.3, -0.25) is 4.79 Å². The van der Waals surface area contributed by atoms with Gasteiger partial charge in [-0.05, 0) is 26.1 Å². The van der Waals surface area contributed by atoms with Gasteiger partial charge in [-0.1, -0.05) is 0 Å². The molecule has 4 bridgehead atoms. The lowest BCUT2D eigenvalue weighted by molar-refractivity contribution is -0.317. The minimum atomic E-state index is -1.75. The maximum atomic E-state index is 12.7. The molecular formula is C17H26O5Si. The van der Waals surface area contributed by atoms with E-state index in [1.54, 1.807) is 0 Å². The summed E-state index contributed by atoms with van der Waals surface area (Å²) in [6.07, 6.45) is 3.25. The van der Waals surface area contributed by atoms with Crippen LogP contribution in [0.2, 0.25) is 19.6 Å². The third-order valence-corrected chi connectivity index (χ3v) is 7.49. The molecule has 23 heavy (non-hydrogen) atoms. The van der Waals surface area contributed by atoms with Crippen LogP contribution in [0.3, 0.4) is 0 Å².